The van der Waals surface area contributed by atoms with Gasteiger partial charge in [0, 0.05) is 6.42 Å². The fraction of sp³-hybridized carbons (Fsp3) is 0.625. The van der Waals surface area contributed by atoms with E-state index in [9.17, 15) is 0 Å². The second kappa shape index (κ2) is 6.68. The summed E-state index contributed by atoms with van der Waals surface area (Å²) in [6.45, 7) is 2.27. The molecule has 2 rings (SSSR count). The van der Waals surface area contributed by atoms with Crippen LogP contribution in [0.3, 0.4) is 0 Å². The van der Waals surface area contributed by atoms with Crippen LogP contribution in [0, 0.1) is 0 Å². The van der Waals surface area contributed by atoms with Gasteiger partial charge < -0.3 is 4.74 Å². The Morgan fingerprint density at radius 1 is 1.06 bits per heavy atom. The molecule has 1 heteroatoms. The van der Waals surface area contributed by atoms with E-state index < -0.39 is 0 Å². The third-order valence-electron chi connectivity index (χ3n) is 3.59. The Morgan fingerprint density at radius 3 is 2.65 bits per heavy atom. The first-order chi connectivity index (χ1) is 8.40. The quantitative estimate of drug-likeness (QED) is 0.617. The lowest BCUT2D eigenvalue weighted by Gasteiger charge is -2.10. The Kier molecular flexibility index (Phi) is 4.90. The highest BCUT2D eigenvalue weighted by molar-refractivity contribution is 5.37. The van der Waals surface area contributed by atoms with Crippen molar-refractivity contribution in [1.29, 1.82) is 0 Å². The molecule has 1 aromatic carbocycles. The van der Waals surface area contributed by atoms with E-state index in [1.165, 1.54) is 50.5 Å². The number of benzene rings is 1. The topological polar surface area (TPSA) is 9.23 Å². The predicted octanol–water partition coefficient (Wildman–Crippen LogP) is 4.74. The van der Waals surface area contributed by atoms with Crippen LogP contribution < -0.4 is 4.74 Å². The molecule has 0 amide bonds. The van der Waals surface area contributed by atoms with E-state index in [4.69, 9.17) is 4.74 Å². The zero-order valence-electron chi connectivity index (χ0n) is 11.0. The monoisotopic (exact) mass is 232 g/mol. The molecule has 0 aliphatic carbocycles. The zero-order chi connectivity index (χ0) is 11.9. The summed E-state index contributed by atoms with van der Waals surface area (Å²) in [4.78, 5) is 0. The summed E-state index contributed by atoms with van der Waals surface area (Å²) in [5.74, 6) is 1.11. The van der Waals surface area contributed by atoms with Gasteiger partial charge in [-0.15, -0.1) is 0 Å². The minimum Gasteiger partial charge on any atom is -0.490 e. The third-order valence-corrected chi connectivity index (χ3v) is 3.59. The van der Waals surface area contributed by atoms with Gasteiger partial charge in [-0.3, -0.25) is 0 Å². The first kappa shape index (κ1) is 12.5. The summed E-state index contributed by atoms with van der Waals surface area (Å²) in [6.07, 6.45) is 11.0. The molecule has 1 heterocycles. The molecule has 0 radical (unpaired) electrons. The third kappa shape index (κ3) is 3.76. The molecule has 1 nitrogen and oxygen atoms in total. The number of para-hydroxylation sites is 1. The lowest BCUT2D eigenvalue weighted by Crippen LogP contribution is -2.12. The van der Waals surface area contributed by atoms with Gasteiger partial charge in [-0.2, -0.15) is 0 Å². The molecule has 0 saturated heterocycles. The van der Waals surface area contributed by atoms with Gasteiger partial charge in [0.1, 0.15) is 11.9 Å². The Morgan fingerprint density at radius 2 is 1.82 bits per heavy atom. The Bertz CT molecular complexity index is 307. The van der Waals surface area contributed by atoms with Crippen molar-refractivity contribution in [1.82, 2.24) is 0 Å². The predicted molar refractivity (Wildman–Crippen MR) is 72.6 cm³/mol. The normalized spacial score (nSPS) is 17.8. The number of hydrogen-bond acceptors (Lipinski definition) is 1. The molecular weight excluding hydrogens is 208 g/mol. The summed E-state index contributed by atoms with van der Waals surface area (Å²) in [6, 6.07) is 8.45. The summed E-state index contributed by atoms with van der Waals surface area (Å²) in [7, 11) is 0. The number of ether oxygens (including phenoxy) is 1. The molecule has 1 aromatic rings. The van der Waals surface area contributed by atoms with Gasteiger partial charge >= 0.3 is 0 Å². The van der Waals surface area contributed by atoms with Gasteiger partial charge in [-0.25, -0.2) is 0 Å². The SMILES string of the molecule is CCCCCCCCC1Cc2ccccc2O1. The van der Waals surface area contributed by atoms with E-state index in [0.29, 0.717) is 6.10 Å². The van der Waals surface area contributed by atoms with E-state index in [1.54, 1.807) is 0 Å². The highest BCUT2D eigenvalue weighted by atomic mass is 16.5. The smallest absolute Gasteiger partial charge is 0.123 e. The first-order valence-corrected chi connectivity index (χ1v) is 7.14. The molecule has 1 atom stereocenters. The van der Waals surface area contributed by atoms with Gasteiger partial charge in [0.05, 0.1) is 0 Å². The number of fused-ring (bicyclic) bond motifs is 1. The minimum absolute atomic E-state index is 0.443. The highest BCUT2D eigenvalue weighted by Crippen LogP contribution is 2.30. The Labute approximate surface area is 105 Å². The molecule has 1 aliphatic rings. The van der Waals surface area contributed by atoms with Crippen molar-refractivity contribution < 1.29 is 4.74 Å². The van der Waals surface area contributed by atoms with Crippen molar-refractivity contribution >= 4 is 0 Å². The van der Waals surface area contributed by atoms with Gasteiger partial charge in [-0.1, -0.05) is 57.2 Å². The lowest BCUT2D eigenvalue weighted by molar-refractivity contribution is 0.216. The molecular formula is C16H24O. The van der Waals surface area contributed by atoms with Crippen molar-refractivity contribution in [2.45, 2.75) is 64.4 Å². The van der Waals surface area contributed by atoms with Crippen molar-refractivity contribution in [3.63, 3.8) is 0 Å². The average Bonchev–Trinajstić information content (AvgIpc) is 2.76. The summed E-state index contributed by atoms with van der Waals surface area (Å²) in [5, 5.41) is 0. The molecule has 1 unspecified atom stereocenters. The van der Waals surface area contributed by atoms with Crippen LogP contribution in [0.1, 0.15) is 57.4 Å². The van der Waals surface area contributed by atoms with Crippen molar-refractivity contribution in [3.05, 3.63) is 29.8 Å². The van der Waals surface area contributed by atoms with E-state index in [1.807, 2.05) is 0 Å². The summed E-state index contributed by atoms with van der Waals surface area (Å²) in [5.41, 5.74) is 1.39. The number of rotatable bonds is 7. The molecule has 0 saturated carbocycles. The molecule has 17 heavy (non-hydrogen) atoms. The Balaban J connectivity index is 1.60. The lowest BCUT2D eigenvalue weighted by atomic mass is 10.0. The average molecular weight is 232 g/mol. The van der Waals surface area contributed by atoms with Crippen molar-refractivity contribution in [2.75, 3.05) is 0 Å². The zero-order valence-corrected chi connectivity index (χ0v) is 11.0. The molecule has 0 fully saturated rings. The van der Waals surface area contributed by atoms with Gasteiger partial charge in [-0.05, 0) is 24.5 Å². The van der Waals surface area contributed by atoms with Crippen LogP contribution in [0.15, 0.2) is 24.3 Å². The maximum absolute atomic E-state index is 5.93. The second-order valence-electron chi connectivity index (χ2n) is 5.11. The maximum Gasteiger partial charge on any atom is 0.123 e. The first-order valence-electron chi connectivity index (χ1n) is 7.14. The maximum atomic E-state index is 5.93. The van der Waals surface area contributed by atoms with Crippen LogP contribution >= 0.6 is 0 Å². The minimum atomic E-state index is 0.443. The van der Waals surface area contributed by atoms with E-state index in [0.717, 1.165) is 12.2 Å². The van der Waals surface area contributed by atoms with Crippen LogP contribution in [0.25, 0.3) is 0 Å². The fourth-order valence-electron chi connectivity index (χ4n) is 2.57. The fourth-order valence-corrected chi connectivity index (χ4v) is 2.57. The molecule has 94 valence electrons. The van der Waals surface area contributed by atoms with Crippen molar-refractivity contribution in [3.8, 4) is 5.75 Å². The summed E-state index contributed by atoms with van der Waals surface area (Å²) >= 11 is 0. The van der Waals surface area contributed by atoms with Gasteiger partial charge in [0.25, 0.3) is 0 Å². The van der Waals surface area contributed by atoms with Crippen LogP contribution in [0.4, 0.5) is 0 Å². The van der Waals surface area contributed by atoms with Crippen LogP contribution in [-0.4, -0.2) is 6.10 Å². The largest absolute Gasteiger partial charge is 0.490 e. The molecule has 0 spiro atoms. The molecule has 0 N–H and O–H groups in total. The summed E-state index contributed by atoms with van der Waals surface area (Å²) < 4.78 is 5.93. The van der Waals surface area contributed by atoms with Crippen LogP contribution in [0.5, 0.6) is 5.75 Å². The van der Waals surface area contributed by atoms with Crippen LogP contribution in [-0.2, 0) is 6.42 Å². The number of hydrogen-bond donors (Lipinski definition) is 0. The molecule has 0 aromatic heterocycles. The van der Waals surface area contributed by atoms with E-state index >= 15 is 0 Å². The highest BCUT2D eigenvalue weighted by Gasteiger charge is 2.21. The molecule has 0 bridgehead atoms. The number of unbranched alkanes of at least 4 members (excludes halogenated alkanes) is 5. The second-order valence-corrected chi connectivity index (χ2v) is 5.11. The van der Waals surface area contributed by atoms with Gasteiger partial charge in [0.15, 0.2) is 0 Å². The van der Waals surface area contributed by atoms with Crippen LogP contribution in [0.2, 0.25) is 0 Å². The van der Waals surface area contributed by atoms with E-state index in [-0.39, 0.29) is 0 Å². The molecule has 1 aliphatic heterocycles. The Hall–Kier alpha value is -0.980. The van der Waals surface area contributed by atoms with Crippen molar-refractivity contribution in [2.24, 2.45) is 0 Å². The van der Waals surface area contributed by atoms with E-state index in [2.05, 4.69) is 31.2 Å². The standard InChI is InChI=1S/C16H24O/c1-2-3-4-5-6-7-11-15-13-14-10-8-9-12-16(14)17-15/h8-10,12,15H,2-7,11,13H2,1H3. The van der Waals surface area contributed by atoms with Gasteiger partial charge in [0.2, 0.25) is 0 Å².